The maximum absolute atomic E-state index is 6.31. The highest BCUT2D eigenvalue weighted by molar-refractivity contribution is 6.15. The molecule has 0 aliphatic heterocycles. The Kier molecular flexibility index (Phi) is 7.92. The average Bonchev–Trinajstić information content (AvgIpc) is 3.80. The van der Waals surface area contributed by atoms with Gasteiger partial charge in [-0.05, 0) is 126 Å². The molecule has 2 nitrogen and oxygen atoms in total. The lowest BCUT2D eigenvalue weighted by Crippen LogP contribution is -2.17. The fourth-order valence-corrected chi connectivity index (χ4v) is 10.1. The zero-order valence-electron chi connectivity index (χ0n) is 34.1. The van der Waals surface area contributed by atoms with E-state index >= 15 is 0 Å². The second-order valence-corrected chi connectivity index (χ2v) is 16.8. The van der Waals surface area contributed by atoms with Crippen molar-refractivity contribution in [1.29, 1.82) is 0 Å². The zero-order chi connectivity index (χ0) is 40.7. The summed E-state index contributed by atoms with van der Waals surface area (Å²) < 4.78 is 6.31. The SMILES string of the molecule is CC1(C)c2ccccc2-c2ccc(N(c3ccc(-c4ccc5c(c4)oc4ccccc45)cc3)c3cccc(-c4cc5ccccc5c5ccccc45)c3-c3ccccc3)cc21. The van der Waals surface area contributed by atoms with Crippen LogP contribution in [-0.4, -0.2) is 0 Å². The normalized spacial score (nSPS) is 12.9. The van der Waals surface area contributed by atoms with Crippen LogP contribution in [0.25, 0.3) is 88.0 Å². The Bertz CT molecular complexity index is 3500. The largest absolute Gasteiger partial charge is 0.456 e. The number of hydrogen-bond acceptors (Lipinski definition) is 2. The number of nitrogens with zero attached hydrogens (tertiary/aromatic N) is 1. The van der Waals surface area contributed by atoms with Gasteiger partial charge in [-0.1, -0.05) is 172 Å². The molecule has 1 heterocycles. The van der Waals surface area contributed by atoms with Crippen LogP contribution in [0.15, 0.2) is 217 Å². The van der Waals surface area contributed by atoms with E-state index in [0.29, 0.717) is 0 Å². The first kappa shape index (κ1) is 35.3. The van der Waals surface area contributed by atoms with Gasteiger partial charge in [0.15, 0.2) is 0 Å². The van der Waals surface area contributed by atoms with Crippen molar-refractivity contribution in [3.8, 4) is 44.5 Å². The van der Waals surface area contributed by atoms with Crippen LogP contribution in [0.1, 0.15) is 25.0 Å². The number of rotatable bonds is 6. The van der Waals surface area contributed by atoms with Crippen LogP contribution in [-0.2, 0) is 5.41 Å². The van der Waals surface area contributed by atoms with E-state index in [1.165, 1.54) is 66.1 Å². The molecule has 0 amide bonds. The molecular formula is C59H41NO. The fourth-order valence-electron chi connectivity index (χ4n) is 10.1. The fraction of sp³-hybridized carbons (Fsp3) is 0.0508. The van der Waals surface area contributed by atoms with Crippen molar-refractivity contribution >= 4 is 60.5 Å². The second-order valence-electron chi connectivity index (χ2n) is 16.8. The second kappa shape index (κ2) is 13.7. The van der Waals surface area contributed by atoms with Gasteiger partial charge >= 0.3 is 0 Å². The molecule has 1 aromatic heterocycles. The summed E-state index contributed by atoms with van der Waals surface area (Å²) in [6.45, 7) is 4.72. The minimum atomic E-state index is -0.152. The summed E-state index contributed by atoms with van der Waals surface area (Å²) in [5, 5.41) is 7.27. The molecule has 0 bridgehead atoms. The number of para-hydroxylation sites is 1. The summed E-state index contributed by atoms with van der Waals surface area (Å²) in [5.74, 6) is 0. The molecule has 12 rings (SSSR count). The molecule has 0 radical (unpaired) electrons. The lowest BCUT2D eigenvalue weighted by molar-refractivity contribution is 0.660. The third-order valence-electron chi connectivity index (χ3n) is 13.1. The van der Waals surface area contributed by atoms with E-state index in [4.69, 9.17) is 4.42 Å². The molecule has 288 valence electrons. The van der Waals surface area contributed by atoms with Crippen molar-refractivity contribution in [3.05, 3.63) is 223 Å². The monoisotopic (exact) mass is 779 g/mol. The van der Waals surface area contributed by atoms with E-state index in [-0.39, 0.29) is 5.41 Å². The van der Waals surface area contributed by atoms with Gasteiger partial charge in [0.2, 0.25) is 0 Å². The summed E-state index contributed by atoms with van der Waals surface area (Å²) in [6.07, 6.45) is 0. The highest BCUT2D eigenvalue weighted by Gasteiger charge is 2.36. The predicted molar refractivity (Wildman–Crippen MR) is 257 cm³/mol. The van der Waals surface area contributed by atoms with Gasteiger partial charge < -0.3 is 9.32 Å². The summed E-state index contributed by atoms with van der Waals surface area (Å²) in [5.41, 5.74) is 17.3. The summed E-state index contributed by atoms with van der Waals surface area (Å²) >= 11 is 0. The summed E-state index contributed by atoms with van der Waals surface area (Å²) in [6, 6.07) is 77.6. The molecule has 0 saturated heterocycles. The summed E-state index contributed by atoms with van der Waals surface area (Å²) in [7, 11) is 0. The molecular weight excluding hydrogens is 739 g/mol. The lowest BCUT2D eigenvalue weighted by Gasteiger charge is -2.31. The Morgan fingerprint density at radius 2 is 1.00 bits per heavy atom. The van der Waals surface area contributed by atoms with Gasteiger partial charge in [0.05, 0.1) is 5.69 Å². The van der Waals surface area contributed by atoms with Crippen LogP contribution >= 0.6 is 0 Å². The highest BCUT2D eigenvalue weighted by atomic mass is 16.3. The first-order valence-electron chi connectivity index (χ1n) is 21.2. The Labute approximate surface area is 355 Å². The number of furan rings is 1. The van der Waals surface area contributed by atoms with E-state index < -0.39 is 0 Å². The van der Waals surface area contributed by atoms with Gasteiger partial charge in [-0.25, -0.2) is 0 Å². The Hall–Kier alpha value is -7.68. The van der Waals surface area contributed by atoms with Crippen molar-refractivity contribution in [1.82, 2.24) is 0 Å². The quantitative estimate of drug-likeness (QED) is 0.156. The van der Waals surface area contributed by atoms with Crippen LogP contribution in [0.3, 0.4) is 0 Å². The molecule has 61 heavy (non-hydrogen) atoms. The van der Waals surface area contributed by atoms with Gasteiger partial charge in [-0.2, -0.15) is 0 Å². The van der Waals surface area contributed by atoms with Gasteiger partial charge in [0.1, 0.15) is 11.2 Å². The summed E-state index contributed by atoms with van der Waals surface area (Å²) in [4.78, 5) is 2.47. The van der Waals surface area contributed by atoms with Crippen molar-refractivity contribution in [2.24, 2.45) is 0 Å². The van der Waals surface area contributed by atoms with Crippen molar-refractivity contribution in [3.63, 3.8) is 0 Å². The predicted octanol–water partition coefficient (Wildman–Crippen LogP) is 16.7. The van der Waals surface area contributed by atoms with Gasteiger partial charge in [-0.3, -0.25) is 0 Å². The van der Waals surface area contributed by atoms with Crippen LogP contribution < -0.4 is 4.90 Å². The number of fused-ring (bicyclic) bond motifs is 9. The smallest absolute Gasteiger partial charge is 0.136 e. The average molecular weight is 780 g/mol. The van der Waals surface area contributed by atoms with Gasteiger partial charge in [-0.15, -0.1) is 0 Å². The Balaban J connectivity index is 1.09. The molecule has 11 aromatic rings. The van der Waals surface area contributed by atoms with Gasteiger partial charge in [0, 0.05) is 33.1 Å². The van der Waals surface area contributed by atoms with Crippen LogP contribution in [0.2, 0.25) is 0 Å². The topological polar surface area (TPSA) is 16.4 Å². The third-order valence-corrected chi connectivity index (χ3v) is 13.1. The third kappa shape index (κ3) is 5.56. The molecule has 1 aliphatic rings. The van der Waals surface area contributed by atoms with E-state index in [9.17, 15) is 0 Å². The molecule has 0 unspecified atom stereocenters. The number of anilines is 3. The minimum absolute atomic E-state index is 0.152. The molecule has 2 heteroatoms. The lowest BCUT2D eigenvalue weighted by atomic mass is 9.82. The van der Waals surface area contributed by atoms with E-state index in [0.717, 1.165) is 50.1 Å². The molecule has 0 saturated carbocycles. The molecule has 0 fully saturated rings. The van der Waals surface area contributed by atoms with Crippen LogP contribution in [0.5, 0.6) is 0 Å². The first-order chi connectivity index (χ1) is 30.0. The Morgan fingerprint density at radius 1 is 0.361 bits per heavy atom. The van der Waals surface area contributed by atoms with Crippen molar-refractivity contribution in [2.45, 2.75) is 19.3 Å². The van der Waals surface area contributed by atoms with Crippen LogP contribution in [0, 0.1) is 0 Å². The molecule has 0 spiro atoms. The van der Waals surface area contributed by atoms with Crippen LogP contribution in [0.4, 0.5) is 17.1 Å². The van der Waals surface area contributed by atoms with Crippen molar-refractivity contribution < 1.29 is 4.42 Å². The maximum Gasteiger partial charge on any atom is 0.136 e. The van der Waals surface area contributed by atoms with E-state index in [2.05, 4.69) is 219 Å². The first-order valence-corrected chi connectivity index (χ1v) is 21.2. The van der Waals surface area contributed by atoms with E-state index in [1.807, 2.05) is 12.1 Å². The van der Waals surface area contributed by atoms with Crippen molar-refractivity contribution in [2.75, 3.05) is 4.90 Å². The number of hydrogen-bond donors (Lipinski definition) is 0. The Morgan fingerprint density at radius 3 is 1.85 bits per heavy atom. The maximum atomic E-state index is 6.31. The highest BCUT2D eigenvalue weighted by Crippen LogP contribution is 2.52. The molecule has 0 atom stereocenters. The molecule has 10 aromatic carbocycles. The zero-order valence-corrected chi connectivity index (χ0v) is 34.1. The molecule has 1 aliphatic carbocycles. The number of benzene rings is 10. The standard InChI is InChI=1S/C59H41NO/c1-59(2)53-24-12-10-21-47(53)48-34-32-43(37-54(48)59)60(42-30-27-38(28-31-42)40-29-33-50-49-22-11-13-26-56(49)61-57(50)36-40)55-25-14-23-51(58(55)39-15-4-3-5-16-39)52-35-41-17-6-7-18-44(41)45-19-8-9-20-46(45)52/h3-37H,1-2H3. The minimum Gasteiger partial charge on any atom is -0.456 e. The van der Waals surface area contributed by atoms with Gasteiger partial charge in [0.25, 0.3) is 0 Å². The van der Waals surface area contributed by atoms with E-state index in [1.54, 1.807) is 0 Å². The molecule has 0 N–H and O–H groups in total.